The highest BCUT2D eigenvalue weighted by Gasteiger charge is 2.34. The number of carbonyl (C=O) groups is 2. The van der Waals surface area contributed by atoms with Crippen molar-refractivity contribution in [3.63, 3.8) is 0 Å². The minimum atomic E-state index is -0.951. The largest absolute Gasteiger partial charge is 0.480 e. The summed E-state index contributed by atoms with van der Waals surface area (Å²) in [6.07, 6.45) is 2.70. The number of aromatic nitrogens is 3. The first-order valence-corrected chi connectivity index (χ1v) is 6.82. The monoisotopic (exact) mass is 288 g/mol. The number of rotatable bonds is 2. The van der Waals surface area contributed by atoms with E-state index in [1.165, 1.54) is 11.1 Å². The number of fused-ring (bicyclic) bond motifs is 1. The third kappa shape index (κ3) is 2.14. The van der Waals surface area contributed by atoms with Gasteiger partial charge in [-0.3, -0.25) is 9.48 Å². The Morgan fingerprint density at radius 1 is 1.43 bits per heavy atom. The van der Waals surface area contributed by atoms with Crippen molar-refractivity contribution < 1.29 is 14.7 Å². The molecule has 1 aliphatic heterocycles. The van der Waals surface area contributed by atoms with E-state index in [0.717, 1.165) is 11.1 Å². The van der Waals surface area contributed by atoms with Gasteiger partial charge < -0.3 is 10.0 Å². The van der Waals surface area contributed by atoms with Gasteiger partial charge in [-0.1, -0.05) is 0 Å². The van der Waals surface area contributed by atoms with Gasteiger partial charge in [0.2, 0.25) is 0 Å². The normalized spacial score (nSPS) is 18.4. The zero-order valence-electron chi connectivity index (χ0n) is 11.9. The maximum atomic E-state index is 12.5. The number of aliphatic carboxylic acids is 1. The maximum Gasteiger partial charge on any atom is 0.326 e. The molecule has 0 saturated carbocycles. The molecule has 0 aromatic carbocycles. The predicted molar refractivity (Wildman–Crippen MR) is 74.9 cm³/mol. The van der Waals surface area contributed by atoms with E-state index in [1.807, 2.05) is 6.92 Å². The predicted octanol–water partition coefficient (Wildman–Crippen LogP) is 0.966. The molecule has 0 unspecified atom stereocenters. The van der Waals surface area contributed by atoms with Crippen LogP contribution in [0.2, 0.25) is 0 Å². The Kier molecular flexibility index (Phi) is 3.12. The van der Waals surface area contributed by atoms with Crippen LogP contribution < -0.4 is 0 Å². The quantitative estimate of drug-likeness (QED) is 0.889. The van der Waals surface area contributed by atoms with Crippen LogP contribution in [0.3, 0.4) is 0 Å². The second kappa shape index (κ2) is 4.83. The molecule has 0 bridgehead atoms. The average Bonchev–Trinajstić information content (AvgIpc) is 3.04. The van der Waals surface area contributed by atoms with Gasteiger partial charge in [0.15, 0.2) is 5.65 Å². The lowest BCUT2D eigenvalue weighted by Crippen LogP contribution is -2.40. The molecule has 21 heavy (non-hydrogen) atoms. The zero-order chi connectivity index (χ0) is 15.1. The molecule has 7 nitrogen and oxygen atoms in total. The van der Waals surface area contributed by atoms with Crippen molar-refractivity contribution in [1.29, 1.82) is 0 Å². The van der Waals surface area contributed by atoms with Gasteiger partial charge in [-0.05, 0) is 25.8 Å². The summed E-state index contributed by atoms with van der Waals surface area (Å²) in [5, 5.41) is 14.3. The molecule has 1 aliphatic rings. The van der Waals surface area contributed by atoms with Crippen molar-refractivity contribution in [2.75, 3.05) is 6.54 Å². The minimum absolute atomic E-state index is 0.280. The second-order valence-electron chi connectivity index (χ2n) is 5.30. The first kappa shape index (κ1) is 13.5. The molecule has 3 rings (SSSR count). The summed E-state index contributed by atoms with van der Waals surface area (Å²) in [6, 6.07) is 1.01. The molecule has 2 aromatic rings. The Balaban J connectivity index is 1.98. The van der Waals surface area contributed by atoms with Crippen LogP contribution in [0.25, 0.3) is 11.0 Å². The molecular weight excluding hydrogens is 272 g/mol. The fourth-order valence-electron chi connectivity index (χ4n) is 2.86. The smallest absolute Gasteiger partial charge is 0.326 e. The van der Waals surface area contributed by atoms with Crippen molar-refractivity contribution in [3.8, 4) is 0 Å². The van der Waals surface area contributed by atoms with Crippen molar-refractivity contribution in [2.24, 2.45) is 7.05 Å². The van der Waals surface area contributed by atoms with Gasteiger partial charge >= 0.3 is 5.97 Å². The number of aryl methyl sites for hydroxylation is 2. The van der Waals surface area contributed by atoms with Gasteiger partial charge in [0, 0.05) is 25.2 Å². The number of nitrogens with zero attached hydrogens (tertiary/aromatic N) is 4. The number of pyridine rings is 1. The van der Waals surface area contributed by atoms with E-state index < -0.39 is 12.0 Å². The van der Waals surface area contributed by atoms with E-state index in [9.17, 15) is 14.7 Å². The maximum absolute atomic E-state index is 12.5. The standard InChI is InChI=1S/C14H16N4O3/c1-8-10-6-9(7-15-12(10)17(2)16-8)13(19)18-5-3-4-11(18)14(20)21/h6-7,11H,3-5H2,1-2H3,(H,20,21)/t11-/m0/s1. The highest BCUT2D eigenvalue weighted by Crippen LogP contribution is 2.22. The van der Waals surface area contributed by atoms with Crippen molar-refractivity contribution in [3.05, 3.63) is 23.5 Å². The summed E-state index contributed by atoms with van der Waals surface area (Å²) in [7, 11) is 1.80. The Hall–Kier alpha value is -2.44. The zero-order valence-corrected chi connectivity index (χ0v) is 11.9. The number of amides is 1. The van der Waals surface area contributed by atoms with Crippen LogP contribution in [0.5, 0.6) is 0 Å². The topological polar surface area (TPSA) is 88.3 Å². The summed E-state index contributed by atoms with van der Waals surface area (Å²) in [5.41, 5.74) is 1.91. The number of carboxylic acid groups (broad SMARTS) is 1. The fourth-order valence-corrected chi connectivity index (χ4v) is 2.86. The molecule has 1 N–H and O–H groups in total. The Bertz CT molecular complexity index is 737. The number of likely N-dealkylation sites (tertiary alicyclic amines) is 1. The lowest BCUT2D eigenvalue weighted by atomic mass is 10.1. The van der Waals surface area contributed by atoms with Crippen LogP contribution in [0, 0.1) is 6.92 Å². The van der Waals surface area contributed by atoms with E-state index in [4.69, 9.17) is 0 Å². The molecule has 0 spiro atoms. The Labute approximate surface area is 121 Å². The molecule has 2 aromatic heterocycles. The van der Waals surface area contributed by atoms with Gasteiger partial charge in [0.1, 0.15) is 6.04 Å². The van der Waals surface area contributed by atoms with Crippen LogP contribution in [-0.2, 0) is 11.8 Å². The van der Waals surface area contributed by atoms with Gasteiger partial charge in [-0.15, -0.1) is 0 Å². The highest BCUT2D eigenvalue weighted by atomic mass is 16.4. The molecular formula is C14H16N4O3. The van der Waals surface area contributed by atoms with Crippen LogP contribution in [0.4, 0.5) is 0 Å². The Morgan fingerprint density at radius 2 is 2.19 bits per heavy atom. The Morgan fingerprint density at radius 3 is 2.90 bits per heavy atom. The minimum Gasteiger partial charge on any atom is -0.480 e. The molecule has 1 atom stereocenters. The van der Waals surface area contributed by atoms with E-state index in [1.54, 1.807) is 17.8 Å². The van der Waals surface area contributed by atoms with Gasteiger partial charge in [-0.25, -0.2) is 9.78 Å². The molecule has 1 fully saturated rings. The lowest BCUT2D eigenvalue weighted by Gasteiger charge is -2.21. The van der Waals surface area contributed by atoms with Gasteiger partial charge in [0.05, 0.1) is 11.3 Å². The molecule has 0 aliphatic carbocycles. The summed E-state index contributed by atoms with van der Waals surface area (Å²) in [4.78, 5) is 29.4. The number of carboxylic acids is 1. The molecule has 1 saturated heterocycles. The highest BCUT2D eigenvalue weighted by molar-refractivity contribution is 5.99. The first-order valence-electron chi connectivity index (χ1n) is 6.82. The van der Waals surface area contributed by atoms with Crippen molar-refractivity contribution in [2.45, 2.75) is 25.8 Å². The summed E-state index contributed by atoms with van der Waals surface area (Å²) in [5.74, 6) is -1.23. The van der Waals surface area contributed by atoms with E-state index in [0.29, 0.717) is 30.6 Å². The SMILES string of the molecule is Cc1nn(C)c2ncc(C(=O)N3CCC[C@H]3C(=O)O)cc12. The van der Waals surface area contributed by atoms with Gasteiger partial charge in [-0.2, -0.15) is 5.10 Å². The van der Waals surface area contributed by atoms with Crippen LogP contribution >= 0.6 is 0 Å². The number of hydrogen-bond acceptors (Lipinski definition) is 4. The fraction of sp³-hybridized carbons (Fsp3) is 0.429. The summed E-state index contributed by atoms with van der Waals surface area (Å²) >= 11 is 0. The number of hydrogen-bond donors (Lipinski definition) is 1. The van der Waals surface area contributed by atoms with Crippen molar-refractivity contribution in [1.82, 2.24) is 19.7 Å². The lowest BCUT2D eigenvalue weighted by molar-refractivity contribution is -0.141. The molecule has 0 radical (unpaired) electrons. The molecule has 110 valence electrons. The average molecular weight is 288 g/mol. The number of carbonyl (C=O) groups excluding carboxylic acids is 1. The third-order valence-corrected chi connectivity index (χ3v) is 3.91. The van der Waals surface area contributed by atoms with E-state index in [2.05, 4.69) is 10.1 Å². The first-order chi connectivity index (χ1) is 9.99. The van der Waals surface area contributed by atoms with E-state index in [-0.39, 0.29) is 5.91 Å². The molecule has 1 amide bonds. The molecule has 3 heterocycles. The summed E-state index contributed by atoms with van der Waals surface area (Å²) < 4.78 is 1.66. The van der Waals surface area contributed by atoms with Crippen LogP contribution in [-0.4, -0.2) is 49.2 Å². The van der Waals surface area contributed by atoms with E-state index >= 15 is 0 Å². The summed E-state index contributed by atoms with van der Waals surface area (Å²) in [6.45, 7) is 2.33. The third-order valence-electron chi connectivity index (χ3n) is 3.91. The van der Waals surface area contributed by atoms with Gasteiger partial charge in [0.25, 0.3) is 5.91 Å². The van der Waals surface area contributed by atoms with Crippen LogP contribution in [0.15, 0.2) is 12.3 Å². The van der Waals surface area contributed by atoms with Crippen LogP contribution in [0.1, 0.15) is 28.9 Å². The molecule has 7 heteroatoms. The van der Waals surface area contributed by atoms with Crippen molar-refractivity contribution >= 4 is 22.9 Å². The second-order valence-corrected chi connectivity index (χ2v) is 5.30.